The fraction of sp³-hybridized carbons (Fsp3) is 0.500. The summed E-state index contributed by atoms with van der Waals surface area (Å²) in [5.41, 5.74) is 9.31. The van der Waals surface area contributed by atoms with Gasteiger partial charge in [-0.25, -0.2) is 0 Å². The SMILES string of the molecule is CCC(=O)c1cc2c(c(CN)c1O)CCCC2. The Morgan fingerprint density at radius 3 is 2.76 bits per heavy atom. The number of carbonyl (C=O) groups is 1. The Kier molecular flexibility index (Phi) is 3.48. The molecule has 0 heterocycles. The molecule has 0 saturated carbocycles. The number of benzene rings is 1. The number of phenols is 1. The van der Waals surface area contributed by atoms with Crippen molar-refractivity contribution in [1.29, 1.82) is 0 Å². The first-order valence-corrected chi connectivity index (χ1v) is 6.28. The Balaban J connectivity index is 2.60. The molecule has 17 heavy (non-hydrogen) atoms. The quantitative estimate of drug-likeness (QED) is 0.787. The second-order valence-corrected chi connectivity index (χ2v) is 4.58. The Labute approximate surface area is 102 Å². The summed E-state index contributed by atoms with van der Waals surface area (Å²) in [6.45, 7) is 2.11. The lowest BCUT2D eigenvalue weighted by atomic mass is 9.85. The van der Waals surface area contributed by atoms with Crippen LogP contribution in [-0.2, 0) is 19.4 Å². The lowest BCUT2D eigenvalue weighted by Crippen LogP contribution is -2.13. The Bertz CT molecular complexity index is 452. The van der Waals surface area contributed by atoms with Crippen molar-refractivity contribution in [2.45, 2.75) is 45.6 Å². The second kappa shape index (κ2) is 4.88. The van der Waals surface area contributed by atoms with E-state index in [9.17, 15) is 9.90 Å². The van der Waals surface area contributed by atoms with Crippen molar-refractivity contribution in [1.82, 2.24) is 0 Å². The third kappa shape index (κ3) is 2.07. The molecule has 0 bridgehead atoms. The fourth-order valence-corrected chi connectivity index (χ4v) is 2.60. The number of Topliss-reactive ketones (excluding diaryl/α,β-unsaturated/α-hetero) is 1. The zero-order chi connectivity index (χ0) is 12.4. The Morgan fingerprint density at radius 2 is 2.12 bits per heavy atom. The standard InChI is InChI=1S/C14H19NO2/c1-2-13(16)11-7-9-5-3-4-6-10(9)12(8-15)14(11)17/h7,17H,2-6,8,15H2,1H3. The first-order chi connectivity index (χ1) is 8.19. The van der Waals surface area contributed by atoms with Gasteiger partial charge in [0, 0.05) is 18.5 Å². The van der Waals surface area contributed by atoms with Crippen molar-refractivity contribution in [2.75, 3.05) is 0 Å². The van der Waals surface area contributed by atoms with Crippen molar-refractivity contribution in [3.8, 4) is 5.75 Å². The van der Waals surface area contributed by atoms with Gasteiger partial charge in [0.1, 0.15) is 5.75 Å². The van der Waals surface area contributed by atoms with E-state index in [0.29, 0.717) is 18.5 Å². The van der Waals surface area contributed by atoms with Gasteiger partial charge < -0.3 is 10.8 Å². The molecule has 0 fully saturated rings. The summed E-state index contributed by atoms with van der Waals surface area (Å²) in [7, 11) is 0. The van der Waals surface area contributed by atoms with Crippen LogP contribution in [0.3, 0.4) is 0 Å². The number of phenolic OH excluding ortho intramolecular Hbond substituents is 1. The van der Waals surface area contributed by atoms with E-state index in [0.717, 1.165) is 31.2 Å². The van der Waals surface area contributed by atoms with Crippen LogP contribution in [-0.4, -0.2) is 10.9 Å². The van der Waals surface area contributed by atoms with Crippen LogP contribution in [0.2, 0.25) is 0 Å². The van der Waals surface area contributed by atoms with Crippen LogP contribution in [0.1, 0.15) is 53.2 Å². The molecule has 0 amide bonds. The Morgan fingerprint density at radius 1 is 1.41 bits per heavy atom. The van der Waals surface area contributed by atoms with Gasteiger partial charge in [-0.05, 0) is 42.9 Å². The molecule has 1 aliphatic rings. The highest BCUT2D eigenvalue weighted by Crippen LogP contribution is 2.34. The number of rotatable bonds is 3. The zero-order valence-electron chi connectivity index (χ0n) is 10.3. The largest absolute Gasteiger partial charge is 0.507 e. The number of ketones is 1. The Hall–Kier alpha value is -1.35. The van der Waals surface area contributed by atoms with Gasteiger partial charge in [0.25, 0.3) is 0 Å². The van der Waals surface area contributed by atoms with Gasteiger partial charge in [-0.3, -0.25) is 4.79 Å². The summed E-state index contributed by atoms with van der Waals surface area (Å²) in [4.78, 5) is 11.8. The molecule has 2 rings (SSSR count). The first kappa shape index (κ1) is 12.1. The van der Waals surface area contributed by atoms with E-state index in [1.165, 1.54) is 11.1 Å². The summed E-state index contributed by atoms with van der Waals surface area (Å²) in [6, 6.07) is 1.87. The van der Waals surface area contributed by atoms with Crippen LogP contribution in [0, 0.1) is 0 Å². The predicted molar refractivity (Wildman–Crippen MR) is 67.3 cm³/mol. The van der Waals surface area contributed by atoms with E-state index < -0.39 is 0 Å². The van der Waals surface area contributed by atoms with Crippen molar-refractivity contribution in [3.05, 3.63) is 28.3 Å². The van der Waals surface area contributed by atoms with E-state index in [1.54, 1.807) is 0 Å². The van der Waals surface area contributed by atoms with Crippen molar-refractivity contribution >= 4 is 5.78 Å². The molecular formula is C14H19NO2. The molecule has 0 aliphatic heterocycles. The van der Waals surface area contributed by atoms with E-state index in [2.05, 4.69) is 0 Å². The van der Waals surface area contributed by atoms with E-state index in [4.69, 9.17) is 5.73 Å². The van der Waals surface area contributed by atoms with Crippen LogP contribution in [0.25, 0.3) is 0 Å². The number of carbonyl (C=O) groups excluding carboxylic acids is 1. The van der Waals surface area contributed by atoms with Gasteiger partial charge in [-0.2, -0.15) is 0 Å². The molecule has 1 aliphatic carbocycles. The van der Waals surface area contributed by atoms with Crippen LogP contribution in [0.5, 0.6) is 5.75 Å². The molecular weight excluding hydrogens is 214 g/mol. The van der Waals surface area contributed by atoms with E-state index >= 15 is 0 Å². The second-order valence-electron chi connectivity index (χ2n) is 4.58. The molecule has 0 spiro atoms. The molecule has 1 aromatic carbocycles. The summed E-state index contributed by atoms with van der Waals surface area (Å²) in [6.07, 6.45) is 4.67. The minimum atomic E-state index is -0.00873. The summed E-state index contributed by atoms with van der Waals surface area (Å²) >= 11 is 0. The third-order valence-electron chi connectivity index (χ3n) is 3.56. The molecule has 0 aromatic heterocycles. The highest BCUT2D eigenvalue weighted by molar-refractivity contribution is 5.99. The number of aryl methyl sites for hydroxylation is 1. The van der Waals surface area contributed by atoms with Crippen LogP contribution >= 0.6 is 0 Å². The van der Waals surface area contributed by atoms with Crippen molar-refractivity contribution < 1.29 is 9.90 Å². The fourth-order valence-electron chi connectivity index (χ4n) is 2.60. The van der Waals surface area contributed by atoms with E-state index in [1.807, 2.05) is 13.0 Å². The molecule has 3 N–H and O–H groups in total. The minimum absolute atomic E-state index is 0.00873. The molecule has 0 atom stereocenters. The minimum Gasteiger partial charge on any atom is -0.507 e. The molecule has 1 aromatic rings. The number of hydrogen-bond donors (Lipinski definition) is 2. The van der Waals surface area contributed by atoms with Gasteiger partial charge >= 0.3 is 0 Å². The third-order valence-corrected chi connectivity index (χ3v) is 3.56. The normalized spacial score (nSPS) is 14.5. The van der Waals surface area contributed by atoms with Gasteiger partial charge in [0.2, 0.25) is 0 Å². The maximum Gasteiger partial charge on any atom is 0.166 e. The lowest BCUT2D eigenvalue weighted by molar-refractivity contribution is 0.0985. The average molecular weight is 233 g/mol. The van der Waals surface area contributed by atoms with Crippen LogP contribution in [0.4, 0.5) is 0 Å². The van der Waals surface area contributed by atoms with Gasteiger partial charge in [-0.1, -0.05) is 6.92 Å². The average Bonchev–Trinajstić information content (AvgIpc) is 2.37. The summed E-state index contributed by atoms with van der Waals surface area (Å²) in [5.74, 6) is 0.102. The smallest absolute Gasteiger partial charge is 0.166 e. The van der Waals surface area contributed by atoms with E-state index in [-0.39, 0.29) is 11.5 Å². The van der Waals surface area contributed by atoms with Gasteiger partial charge in [0.05, 0.1) is 5.56 Å². The van der Waals surface area contributed by atoms with Crippen LogP contribution < -0.4 is 5.73 Å². The molecule has 0 unspecified atom stereocenters. The lowest BCUT2D eigenvalue weighted by Gasteiger charge is -2.21. The van der Waals surface area contributed by atoms with Crippen molar-refractivity contribution in [2.24, 2.45) is 5.73 Å². The number of aromatic hydroxyl groups is 1. The van der Waals surface area contributed by atoms with Crippen molar-refractivity contribution in [3.63, 3.8) is 0 Å². The summed E-state index contributed by atoms with van der Waals surface area (Å²) in [5, 5.41) is 10.1. The molecule has 3 nitrogen and oxygen atoms in total. The molecule has 0 saturated heterocycles. The first-order valence-electron chi connectivity index (χ1n) is 6.28. The zero-order valence-corrected chi connectivity index (χ0v) is 10.3. The molecule has 3 heteroatoms. The highest BCUT2D eigenvalue weighted by Gasteiger charge is 2.21. The van der Waals surface area contributed by atoms with Gasteiger partial charge in [-0.15, -0.1) is 0 Å². The molecule has 0 radical (unpaired) electrons. The maximum atomic E-state index is 11.8. The topological polar surface area (TPSA) is 63.3 Å². The molecule has 92 valence electrons. The van der Waals surface area contributed by atoms with Crippen LogP contribution in [0.15, 0.2) is 6.07 Å². The maximum absolute atomic E-state index is 11.8. The number of nitrogens with two attached hydrogens (primary N) is 1. The monoisotopic (exact) mass is 233 g/mol. The summed E-state index contributed by atoms with van der Waals surface area (Å²) < 4.78 is 0. The van der Waals surface area contributed by atoms with Gasteiger partial charge in [0.15, 0.2) is 5.78 Å². The number of fused-ring (bicyclic) bond motifs is 1. The predicted octanol–water partition coefficient (Wildman–Crippen LogP) is 2.32. The number of hydrogen-bond acceptors (Lipinski definition) is 3. The highest BCUT2D eigenvalue weighted by atomic mass is 16.3.